The molecule has 0 atom stereocenters. The van der Waals surface area contributed by atoms with E-state index in [-0.39, 0.29) is 23.7 Å². The molecule has 0 unspecified atom stereocenters. The van der Waals surface area contributed by atoms with Crippen LogP contribution < -0.4 is 5.32 Å². The highest BCUT2D eigenvalue weighted by molar-refractivity contribution is 6.21. The molecule has 0 bridgehead atoms. The van der Waals surface area contributed by atoms with Crippen LogP contribution in [-0.4, -0.2) is 39.4 Å². The number of carbonyl (C=O) groups is 3. The second-order valence-corrected chi connectivity index (χ2v) is 4.68. The molecule has 0 saturated heterocycles. The summed E-state index contributed by atoms with van der Waals surface area (Å²) in [5.74, 6) is -1.79. The molecule has 3 rings (SSSR count). The third-order valence-corrected chi connectivity index (χ3v) is 3.35. The third-order valence-electron chi connectivity index (χ3n) is 3.35. The van der Waals surface area contributed by atoms with Crippen molar-refractivity contribution in [3.05, 3.63) is 59.4 Å². The molecule has 1 aliphatic heterocycles. The average molecular weight is 297 g/mol. The van der Waals surface area contributed by atoms with E-state index in [1.54, 1.807) is 12.1 Å². The number of aromatic carboxylic acids is 1. The maximum Gasteiger partial charge on any atom is 0.335 e. The van der Waals surface area contributed by atoms with Crippen LogP contribution in [0, 0.1) is 0 Å². The Morgan fingerprint density at radius 3 is 2.41 bits per heavy atom. The molecule has 22 heavy (non-hydrogen) atoms. The summed E-state index contributed by atoms with van der Waals surface area (Å²) in [5, 5.41) is 11.7. The minimum atomic E-state index is -1.01. The number of carboxylic acid groups (broad SMARTS) is 1. The average Bonchev–Trinajstić information content (AvgIpc) is 2.78. The van der Waals surface area contributed by atoms with Crippen LogP contribution in [0.25, 0.3) is 0 Å². The van der Waals surface area contributed by atoms with Crippen molar-refractivity contribution in [1.82, 2.24) is 9.88 Å². The lowest BCUT2D eigenvalue weighted by molar-refractivity contribution is 0.0661. The highest BCUT2D eigenvalue weighted by Crippen LogP contribution is 2.21. The predicted molar refractivity (Wildman–Crippen MR) is 76.6 cm³/mol. The van der Waals surface area contributed by atoms with Gasteiger partial charge >= 0.3 is 5.97 Å². The van der Waals surface area contributed by atoms with Gasteiger partial charge in [-0.05, 0) is 30.3 Å². The summed E-state index contributed by atoms with van der Waals surface area (Å²) >= 11 is 0. The first kappa shape index (κ1) is 13.7. The first-order valence-electron chi connectivity index (χ1n) is 6.45. The number of carbonyl (C=O) groups excluding carboxylic acids is 2. The van der Waals surface area contributed by atoms with Gasteiger partial charge in [0.2, 0.25) is 0 Å². The van der Waals surface area contributed by atoms with Gasteiger partial charge in [-0.15, -0.1) is 0 Å². The molecule has 1 aromatic carbocycles. The summed E-state index contributed by atoms with van der Waals surface area (Å²) in [7, 11) is 0. The maximum absolute atomic E-state index is 12.1. The van der Waals surface area contributed by atoms with Crippen molar-refractivity contribution in [2.24, 2.45) is 0 Å². The number of pyridine rings is 1. The highest BCUT2D eigenvalue weighted by Gasteiger charge is 2.35. The molecule has 110 valence electrons. The lowest BCUT2D eigenvalue weighted by Gasteiger charge is -2.15. The quantitative estimate of drug-likeness (QED) is 0.828. The summed E-state index contributed by atoms with van der Waals surface area (Å²) < 4.78 is 0. The van der Waals surface area contributed by atoms with Gasteiger partial charge in [0.1, 0.15) is 0 Å². The number of fused-ring (bicyclic) bond motifs is 1. The van der Waals surface area contributed by atoms with Crippen LogP contribution >= 0.6 is 0 Å². The van der Waals surface area contributed by atoms with Crippen LogP contribution in [0.15, 0.2) is 42.7 Å². The summed E-state index contributed by atoms with van der Waals surface area (Å²) in [6.07, 6.45) is 2.84. The number of anilines is 1. The second kappa shape index (κ2) is 5.28. The molecule has 0 fully saturated rings. The Labute approximate surface area is 125 Å². The van der Waals surface area contributed by atoms with Crippen LogP contribution in [0.2, 0.25) is 0 Å². The number of imide groups is 1. The number of carboxylic acids is 1. The Bertz CT molecular complexity index is 736. The van der Waals surface area contributed by atoms with E-state index in [9.17, 15) is 14.4 Å². The maximum atomic E-state index is 12.1. The molecule has 2 amide bonds. The SMILES string of the molecule is O=C(O)c1ccc(NCN2C(=O)c3ccncc3C2=O)cc1. The largest absolute Gasteiger partial charge is 0.478 e. The van der Waals surface area contributed by atoms with Crippen molar-refractivity contribution in [2.75, 3.05) is 12.0 Å². The number of benzene rings is 1. The zero-order valence-corrected chi connectivity index (χ0v) is 11.3. The number of hydrogen-bond acceptors (Lipinski definition) is 5. The minimum Gasteiger partial charge on any atom is -0.478 e. The Kier molecular flexibility index (Phi) is 3.30. The van der Waals surface area contributed by atoms with Gasteiger partial charge in [-0.2, -0.15) is 0 Å². The topological polar surface area (TPSA) is 99.6 Å². The van der Waals surface area contributed by atoms with E-state index >= 15 is 0 Å². The van der Waals surface area contributed by atoms with Crippen molar-refractivity contribution in [3.63, 3.8) is 0 Å². The molecule has 2 heterocycles. The molecular formula is C15H11N3O4. The molecule has 0 saturated carbocycles. The normalized spacial score (nSPS) is 13.2. The van der Waals surface area contributed by atoms with Gasteiger partial charge in [-0.1, -0.05) is 0 Å². The van der Waals surface area contributed by atoms with Crippen molar-refractivity contribution >= 4 is 23.5 Å². The lowest BCUT2D eigenvalue weighted by Crippen LogP contribution is -2.34. The number of amides is 2. The fourth-order valence-electron chi connectivity index (χ4n) is 2.18. The predicted octanol–water partition coefficient (Wildman–Crippen LogP) is 1.45. The zero-order valence-electron chi connectivity index (χ0n) is 11.3. The Morgan fingerprint density at radius 2 is 1.77 bits per heavy atom. The summed E-state index contributed by atoms with van der Waals surface area (Å²) in [6, 6.07) is 7.54. The van der Waals surface area contributed by atoms with E-state index in [1.807, 2.05) is 0 Å². The molecule has 7 heteroatoms. The van der Waals surface area contributed by atoms with Crippen LogP contribution in [0.4, 0.5) is 5.69 Å². The first-order valence-corrected chi connectivity index (χ1v) is 6.45. The van der Waals surface area contributed by atoms with E-state index < -0.39 is 11.9 Å². The van der Waals surface area contributed by atoms with Gasteiger partial charge < -0.3 is 10.4 Å². The summed E-state index contributed by atoms with van der Waals surface area (Å²) in [6.45, 7) is -0.00123. The van der Waals surface area contributed by atoms with Crippen LogP contribution in [0.3, 0.4) is 0 Å². The van der Waals surface area contributed by atoms with Crippen molar-refractivity contribution in [1.29, 1.82) is 0 Å². The lowest BCUT2D eigenvalue weighted by atomic mass is 10.2. The standard InChI is InChI=1S/C15H11N3O4/c19-13-11-5-6-16-7-12(11)14(20)18(13)8-17-10-3-1-9(2-4-10)15(21)22/h1-7,17H,8H2,(H,21,22). The number of hydrogen-bond donors (Lipinski definition) is 2. The van der Waals surface area contributed by atoms with Gasteiger partial charge in [0.05, 0.1) is 23.4 Å². The van der Waals surface area contributed by atoms with Gasteiger partial charge in [0, 0.05) is 18.1 Å². The van der Waals surface area contributed by atoms with Crippen molar-refractivity contribution < 1.29 is 19.5 Å². The van der Waals surface area contributed by atoms with E-state index in [4.69, 9.17) is 5.11 Å². The van der Waals surface area contributed by atoms with Gasteiger partial charge in [0.15, 0.2) is 0 Å². The minimum absolute atomic E-state index is 0.00123. The Hall–Kier alpha value is -3.22. The summed E-state index contributed by atoms with van der Waals surface area (Å²) in [4.78, 5) is 39.9. The van der Waals surface area contributed by atoms with E-state index in [0.717, 1.165) is 4.90 Å². The van der Waals surface area contributed by atoms with E-state index in [2.05, 4.69) is 10.3 Å². The molecule has 2 N–H and O–H groups in total. The molecular weight excluding hydrogens is 286 g/mol. The number of rotatable bonds is 4. The molecule has 1 aliphatic rings. The monoisotopic (exact) mass is 297 g/mol. The van der Waals surface area contributed by atoms with E-state index in [0.29, 0.717) is 11.3 Å². The van der Waals surface area contributed by atoms with E-state index in [1.165, 1.54) is 30.6 Å². The van der Waals surface area contributed by atoms with Gasteiger partial charge in [0.25, 0.3) is 11.8 Å². The van der Waals surface area contributed by atoms with Gasteiger partial charge in [-0.25, -0.2) is 4.79 Å². The molecule has 0 radical (unpaired) electrons. The second-order valence-electron chi connectivity index (χ2n) is 4.68. The first-order chi connectivity index (χ1) is 10.6. The van der Waals surface area contributed by atoms with Crippen molar-refractivity contribution in [2.45, 2.75) is 0 Å². The zero-order chi connectivity index (χ0) is 15.7. The van der Waals surface area contributed by atoms with Crippen LogP contribution in [-0.2, 0) is 0 Å². The highest BCUT2D eigenvalue weighted by atomic mass is 16.4. The fraction of sp³-hybridized carbons (Fsp3) is 0.0667. The molecule has 0 spiro atoms. The van der Waals surface area contributed by atoms with Crippen LogP contribution in [0.5, 0.6) is 0 Å². The molecule has 2 aromatic rings. The number of nitrogens with one attached hydrogen (secondary N) is 1. The van der Waals surface area contributed by atoms with Crippen LogP contribution in [0.1, 0.15) is 31.1 Å². The Balaban J connectivity index is 1.71. The van der Waals surface area contributed by atoms with Crippen molar-refractivity contribution in [3.8, 4) is 0 Å². The summed E-state index contributed by atoms with van der Waals surface area (Å²) in [5.41, 5.74) is 1.40. The third kappa shape index (κ3) is 2.28. The number of nitrogens with zero attached hydrogens (tertiary/aromatic N) is 2. The molecule has 1 aromatic heterocycles. The number of aromatic nitrogens is 1. The fourth-order valence-corrected chi connectivity index (χ4v) is 2.18. The molecule has 7 nitrogen and oxygen atoms in total. The molecule has 0 aliphatic carbocycles. The Morgan fingerprint density at radius 1 is 1.09 bits per heavy atom. The smallest absolute Gasteiger partial charge is 0.335 e. The van der Waals surface area contributed by atoms with Gasteiger partial charge in [-0.3, -0.25) is 19.5 Å².